The van der Waals surface area contributed by atoms with Crippen molar-refractivity contribution in [2.75, 3.05) is 11.9 Å². The molecule has 3 amide bonds. The number of nitrogens with zero attached hydrogens (tertiary/aromatic N) is 3. The Balaban J connectivity index is 1.42. The van der Waals surface area contributed by atoms with Crippen molar-refractivity contribution in [2.45, 2.75) is 43.7 Å². The molecule has 3 N–H and O–H groups in total. The van der Waals surface area contributed by atoms with Crippen LogP contribution in [0.4, 0.5) is 23.2 Å². The molecule has 0 radical (unpaired) electrons. The van der Waals surface area contributed by atoms with Gasteiger partial charge in [0.1, 0.15) is 5.69 Å². The summed E-state index contributed by atoms with van der Waals surface area (Å²) in [7, 11) is 0. The Labute approximate surface area is 198 Å². The molecule has 14 heteroatoms. The van der Waals surface area contributed by atoms with Crippen molar-refractivity contribution in [1.82, 2.24) is 25.6 Å². The number of H-pyrrole nitrogens is 1. The number of nitrogens with one attached hydrogen (secondary N) is 3. The maximum Gasteiger partial charge on any atom is 0.312 e. The molecule has 2 atom stereocenters. The number of carbonyl (C=O) groups excluding carboxylic acids is 3. The summed E-state index contributed by atoms with van der Waals surface area (Å²) in [6.45, 7) is 1.63. The number of carbonyl (C=O) groups is 3. The van der Waals surface area contributed by atoms with Gasteiger partial charge in [0.2, 0.25) is 5.91 Å². The summed E-state index contributed by atoms with van der Waals surface area (Å²) in [6.07, 6.45) is -0.0370. The fourth-order valence-electron chi connectivity index (χ4n) is 4.44. The number of anilines is 1. The largest absolute Gasteiger partial charge is 0.336 e. The second-order valence-electron chi connectivity index (χ2n) is 8.48. The zero-order valence-corrected chi connectivity index (χ0v) is 19.3. The molecule has 2 aromatic rings. The van der Waals surface area contributed by atoms with E-state index in [1.165, 1.54) is 17.2 Å². The lowest BCUT2D eigenvalue weighted by atomic mass is 9.71. The molecule has 1 aliphatic carbocycles. The van der Waals surface area contributed by atoms with E-state index in [0.717, 1.165) is 6.07 Å². The van der Waals surface area contributed by atoms with Crippen LogP contribution in [0.3, 0.4) is 0 Å². The van der Waals surface area contributed by atoms with E-state index in [0.29, 0.717) is 0 Å². The lowest BCUT2D eigenvalue weighted by Crippen LogP contribution is -2.62. The van der Waals surface area contributed by atoms with Gasteiger partial charge in [0.05, 0.1) is 22.1 Å². The zero-order chi connectivity index (χ0) is 24.8. The number of alkyl halides is 2. The van der Waals surface area contributed by atoms with Gasteiger partial charge in [0.15, 0.2) is 11.6 Å². The van der Waals surface area contributed by atoms with E-state index in [4.69, 9.17) is 0 Å². The number of aromatic amines is 1. The Bertz CT molecular complexity index is 1110. The van der Waals surface area contributed by atoms with Gasteiger partial charge in [-0.05, 0) is 35.3 Å². The smallest absolute Gasteiger partial charge is 0.312 e. The van der Waals surface area contributed by atoms with Crippen molar-refractivity contribution in [3.8, 4) is 0 Å². The first-order chi connectivity index (χ1) is 15.9. The first-order valence-electron chi connectivity index (χ1n) is 10.2. The number of benzene rings is 1. The molecule has 2 unspecified atom stereocenters. The van der Waals surface area contributed by atoms with Crippen LogP contribution < -0.4 is 10.6 Å². The lowest BCUT2D eigenvalue weighted by molar-refractivity contribution is -0.160. The summed E-state index contributed by atoms with van der Waals surface area (Å²) in [5.41, 5.74) is -1.42. The van der Waals surface area contributed by atoms with Gasteiger partial charge in [-0.2, -0.15) is 15.4 Å². The van der Waals surface area contributed by atoms with Gasteiger partial charge in [-0.25, -0.2) is 17.6 Å². The Hall–Kier alpha value is -3.03. The SMILES string of the molecule is CC1C(C(=O)Nc2cc(F)c(F)c(Br)c2)CCN1C(=O)C(=O)NC1(c2cn[nH]n2)CC(F)(F)C1. The van der Waals surface area contributed by atoms with Gasteiger partial charge in [0.25, 0.3) is 5.92 Å². The van der Waals surface area contributed by atoms with E-state index in [-0.39, 0.29) is 28.8 Å². The number of rotatable bonds is 4. The molecule has 1 saturated carbocycles. The second-order valence-corrected chi connectivity index (χ2v) is 9.33. The predicted molar refractivity (Wildman–Crippen MR) is 112 cm³/mol. The van der Waals surface area contributed by atoms with E-state index >= 15 is 0 Å². The van der Waals surface area contributed by atoms with E-state index in [1.807, 2.05) is 0 Å². The zero-order valence-electron chi connectivity index (χ0n) is 17.7. The first kappa shape index (κ1) is 24.1. The summed E-state index contributed by atoms with van der Waals surface area (Å²) < 4.78 is 54.1. The van der Waals surface area contributed by atoms with Gasteiger partial charge in [-0.3, -0.25) is 14.4 Å². The van der Waals surface area contributed by atoms with Crippen molar-refractivity contribution >= 4 is 39.3 Å². The third-order valence-electron chi connectivity index (χ3n) is 6.18. The van der Waals surface area contributed by atoms with Crippen molar-refractivity contribution in [3.05, 3.63) is 40.1 Å². The quantitative estimate of drug-likeness (QED) is 0.309. The molecule has 9 nitrogen and oxygen atoms in total. The second kappa shape index (κ2) is 8.64. The molecule has 2 heterocycles. The van der Waals surface area contributed by atoms with Gasteiger partial charge in [-0.1, -0.05) is 0 Å². The maximum absolute atomic E-state index is 13.6. The van der Waals surface area contributed by atoms with Crippen LogP contribution in [0.15, 0.2) is 22.8 Å². The number of aromatic nitrogens is 3. The van der Waals surface area contributed by atoms with Crippen LogP contribution in [-0.4, -0.2) is 56.5 Å². The highest BCUT2D eigenvalue weighted by Crippen LogP contribution is 2.51. The highest BCUT2D eigenvalue weighted by atomic mass is 79.9. The van der Waals surface area contributed by atoms with Crippen LogP contribution >= 0.6 is 15.9 Å². The fraction of sp³-hybridized carbons (Fsp3) is 0.450. The highest BCUT2D eigenvalue weighted by Gasteiger charge is 2.60. The topological polar surface area (TPSA) is 120 Å². The van der Waals surface area contributed by atoms with Crippen molar-refractivity contribution < 1.29 is 31.9 Å². The van der Waals surface area contributed by atoms with Gasteiger partial charge < -0.3 is 15.5 Å². The molecule has 0 spiro atoms. The minimum absolute atomic E-state index is 0.0194. The van der Waals surface area contributed by atoms with Gasteiger partial charge in [-0.15, -0.1) is 0 Å². The van der Waals surface area contributed by atoms with Crippen LogP contribution in [0.5, 0.6) is 0 Å². The normalized spacial score (nSPS) is 22.7. The summed E-state index contributed by atoms with van der Waals surface area (Å²) in [6, 6.07) is 1.31. The molecular weight excluding hydrogens is 528 g/mol. The average Bonchev–Trinajstić information content (AvgIpc) is 3.40. The fourth-order valence-corrected chi connectivity index (χ4v) is 4.87. The maximum atomic E-state index is 13.6. The molecule has 2 aliphatic rings. The standard InChI is InChI=1S/C20H19BrF4N6O3/c1-9-11(16(32)27-10-4-12(21)15(23)13(22)5-10)2-3-31(9)18(34)17(33)28-19(7-20(24,25)8-19)14-6-26-30-29-14/h4-6,9,11H,2-3,7-8H2,1H3,(H,27,32)(H,28,33)(H,26,29,30). The molecule has 2 fully saturated rings. The molecule has 1 saturated heterocycles. The minimum atomic E-state index is -3.02. The molecule has 4 rings (SSSR count). The molecule has 0 bridgehead atoms. The third kappa shape index (κ3) is 4.38. The number of likely N-dealkylation sites (tertiary alicyclic amines) is 1. The van der Waals surface area contributed by atoms with Gasteiger partial charge in [0, 0.05) is 37.2 Å². The van der Waals surface area contributed by atoms with E-state index in [9.17, 15) is 31.9 Å². The molecule has 34 heavy (non-hydrogen) atoms. The summed E-state index contributed by atoms with van der Waals surface area (Å²) in [5.74, 6) is -8.62. The van der Waals surface area contributed by atoms with Crippen molar-refractivity contribution in [1.29, 1.82) is 0 Å². The summed E-state index contributed by atoms with van der Waals surface area (Å²) in [4.78, 5) is 39.4. The van der Waals surface area contributed by atoms with E-state index < -0.39 is 65.6 Å². The Morgan fingerprint density at radius 1 is 1.24 bits per heavy atom. The van der Waals surface area contributed by atoms with Crippen LogP contribution in [0.1, 0.15) is 31.9 Å². The number of hydrogen-bond donors (Lipinski definition) is 3. The third-order valence-corrected chi connectivity index (χ3v) is 6.75. The van der Waals surface area contributed by atoms with E-state index in [1.54, 1.807) is 6.92 Å². The molecule has 1 aromatic carbocycles. The number of amides is 3. The van der Waals surface area contributed by atoms with Crippen LogP contribution in [0, 0.1) is 17.6 Å². The number of halogens is 5. The van der Waals surface area contributed by atoms with Gasteiger partial charge >= 0.3 is 11.8 Å². The van der Waals surface area contributed by atoms with Crippen LogP contribution in [0.2, 0.25) is 0 Å². The number of hydrogen-bond acceptors (Lipinski definition) is 5. The van der Waals surface area contributed by atoms with Crippen LogP contribution in [0.25, 0.3) is 0 Å². The summed E-state index contributed by atoms with van der Waals surface area (Å²) in [5, 5.41) is 14.5. The molecular formula is C20H19BrF4N6O3. The minimum Gasteiger partial charge on any atom is -0.336 e. The predicted octanol–water partition coefficient (Wildman–Crippen LogP) is 2.46. The first-order valence-corrected chi connectivity index (χ1v) is 11.0. The lowest BCUT2D eigenvalue weighted by Gasteiger charge is -2.46. The van der Waals surface area contributed by atoms with Crippen molar-refractivity contribution in [2.24, 2.45) is 5.92 Å². The highest BCUT2D eigenvalue weighted by molar-refractivity contribution is 9.10. The molecule has 182 valence electrons. The summed E-state index contributed by atoms with van der Waals surface area (Å²) >= 11 is 2.86. The monoisotopic (exact) mass is 546 g/mol. The van der Waals surface area contributed by atoms with Crippen LogP contribution in [-0.2, 0) is 19.9 Å². The molecule has 1 aliphatic heterocycles. The van der Waals surface area contributed by atoms with Crippen molar-refractivity contribution in [3.63, 3.8) is 0 Å². The Kier molecular flexibility index (Phi) is 6.12. The Morgan fingerprint density at radius 3 is 2.53 bits per heavy atom. The van der Waals surface area contributed by atoms with E-state index in [2.05, 4.69) is 42.0 Å². The average molecular weight is 547 g/mol. The molecule has 1 aromatic heterocycles. The Morgan fingerprint density at radius 2 is 1.94 bits per heavy atom.